The van der Waals surface area contributed by atoms with Crippen LogP contribution < -0.4 is 10.2 Å². The molecule has 4 nitrogen and oxygen atoms in total. The Kier molecular flexibility index (Phi) is 5.14. The van der Waals surface area contributed by atoms with Gasteiger partial charge in [0, 0.05) is 32.1 Å². The quantitative estimate of drug-likeness (QED) is 0.882. The standard InChI is InChI=1S/C17H24N4/c1-5-15-19-16(18-4)13(3)17(20-15)21(6-2)12-14-10-8-7-9-11-14/h7-11H,5-6,12H2,1-4H3,(H,18,19,20). The summed E-state index contributed by atoms with van der Waals surface area (Å²) in [5.41, 5.74) is 2.40. The van der Waals surface area contributed by atoms with E-state index < -0.39 is 0 Å². The second kappa shape index (κ2) is 7.07. The predicted octanol–water partition coefficient (Wildman–Crippen LogP) is 3.42. The fourth-order valence-corrected chi connectivity index (χ4v) is 2.40. The molecule has 0 aliphatic carbocycles. The molecule has 0 bridgehead atoms. The fourth-order valence-electron chi connectivity index (χ4n) is 2.40. The van der Waals surface area contributed by atoms with Gasteiger partial charge < -0.3 is 10.2 Å². The Hall–Kier alpha value is -2.10. The van der Waals surface area contributed by atoms with E-state index >= 15 is 0 Å². The first-order chi connectivity index (χ1) is 10.2. The largest absolute Gasteiger partial charge is 0.373 e. The minimum Gasteiger partial charge on any atom is -0.373 e. The van der Waals surface area contributed by atoms with Gasteiger partial charge in [0.15, 0.2) is 0 Å². The number of aromatic nitrogens is 2. The average molecular weight is 284 g/mol. The van der Waals surface area contributed by atoms with Gasteiger partial charge >= 0.3 is 0 Å². The van der Waals surface area contributed by atoms with Crippen LogP contribution >= 0.6 is 0 Å². The normalized spacial score (nSPS) is 10.5. The van der Waals surface area contributed by atoms with Crippen LogP contribution in [0.4, 0.5) is 11.6 Å². The molecule has 0 spiro atoms. The molecule has 0 fully saturated rings. The molecular formula is C17H24N4. The molecule has 2 aromatic rings. The predicted molar refractivity (Wildman–Crippen MR) is 88.9 cm³/mol. The zero-order valence-corrected chi connectivity index (χ0v) is 13.3. The van der Waals surface area contributed by atoms with Crippen LogP contribution in [-0.2, 0) is 13.0 Å². The maximum absolute atomic E-state index is 4.74. The molecule has 1 aromatic heterocycles. The van der Waals surface area contributed by atoms with Crippen molar-refractivity contribution in [3.63, 3.8) is 0 Å². The Labute approximate surface area is 127 Å². The Balaban J connectivity index is 2.37. The topological polar surface area (TPSA) is 41.1 Å². The minimum absolute atomic E-state index is 0.838. The van der Waals surface area contributed by atoms with Gasteiger partial charge in [-0.2, -0.15) is 0 Å². The Bertz CT molecular complexity index is 581. The van der Waals surface area contributed by atoms with Crippen molar-refractivity contribution in [3.05, 3.63) is 47.3 Å². The van der Waals surface area contributed by atoms with E-state index in [-0.39, 0.29) is 0 Å². The Morgan fingerprint density at radius 2 is 1.81 bits per heavy atom. The second-order valence-electron chi connectivity index (χ2n) is 5.04. The zero-order chi connectivity index (χ0) is 15.2. The number of benzene rings is 1. The number of anilines is 2. The van der Waals surface area contributed by atoms with Gasteiger partial charge in [0.25, 0.3) is 0 Å². The van der Waals surface area contributed by atoms with Crippen LogP contribution in [-0.4, -0.2) is 23.6 Å². The van der Waals surface area contributed by atoms with Crippen molar-refractivity contribution in [1.29, 1.82) is 0 Å². The van der Waals surface area contributed by atoms with Crippen molar-refractivity contribution in [1.82, 2.24) is 9.97 Å². The molecule has 2 rings (SSSR count). The second-order valence-corrected chi connectivity index (χ2v) is 5.04. The van der Waals surface area contributed by atoms with E-state index in [0.717, 1.165) is 42.5 Å². The van der Waals surface area contributed by atoms with Gasteiger partial charge in [-0.3, -0.25) is 0 Å². The lowest BCUT2D eigenvalue weighted by atomic mass is 10.2. The molecule has 0 unspecified atom stereocenters. The number of nitrogens with one attached hydrogen (secondary N) is 1. The molecule has 1 aromatic carbocycles. The van der Waals surface area contributed by atoms with Crippen LogP contribution in [0.2, 0.25) is 0 Å². The maximum Gasteiger partial charge on any atom is 0.137 e. The summed E-state index contributed by atoms with van der Waals surface area (Å²) >= 11 is 0. The molecule has 0 atom stereocenters. The molecule has 0 aliphatic heterocycles. The maximum atomic E-state index is 4.74. The third kappa shape index (κ3) is 3.51. The lowest BCUT2D eigenvalue weighted by Crippen LogP contribution is -2.25. The van der Waals surface area contributed by atoms with Crippen LogP contribution in [0.3, 0.4) is 0 Å². The lowest BCUT2D eigenvalue weighted by molar-refractivity contribution is 0.791. The van der Waals surface area contributed by atoms with Crippen LogP contribution in [0, 0.1) is 6.92 Å². The third-order valence-electron chi connectivity index (χ3n) is 3.62. The average Bonchev–Trinajstić information content (AvgIpc) is 2.54. The van der Waals surface area contributed by atoms with Crippen molar-refractivity contribution < 1.29 is 0 Å². The lowest BCUT2D eigenvalue weighted by Gasteiger charge is -2.25. The van der Waals surface area contributed by atoms with Crippen molar-refractivity contribution in [3.8, 4) is 0 Å². The summed E-state index contributed by atoms with van der Waals surface area (Å²) in [6.45, 7) is 8.10. The minimum atomic E-state index is 0.838. The summed E-state index contributed by atoms with van der Waals surface area (Å²) < 4.78 is 0. The first-order valence-corrected chi connectivity index (χ1v) is 7.53. The van der Waals surface area contributed by atoms with E-state index in [0.29, 0.717) is 0 Å². The summed E-state index contributed by atoms with van der Waals surface area (Å²) in [7, 11) is 1.91. The van der Waals surface area contributed by atoms with Crippen LogP contribution in [0.1, 0.15) is 30.8 Å². The summed E-state index contributed by atoms with van der Waals surface area (Å²) in [4.78, 5) is 11.6. The molecule has 21 heavy (non-hydrogen) atoms. The molecule has 1 heterocycles. The van der Waals surface area contributed by atoms with Gasteiger partial charge in [0.1, 0.15) is 17.5 Å². The van der Waals surface area contributed by atoms with E-state index in [4.69, 9.17) is 4.98 Å². The van der Waals surface area contributed by atoms with Crippen molar-refractivity contribution in [2.45, 2.75) is 33.7 Å². The highest BCUT2D eigenvalue weighted by atomic mass is 15.2. The molecule has 0 aliphatic rings. The third-order valence-corrected chi connectivity index (χ3v) is 3.62. The smallest absolute Gasteiger partial charge is 0.137 e. The van der Waals surface area contributed by atoms with E-state index in [1.54, 1.807) is 0 Å². The highest BCUT2D eigenvalue weighted by molar-refractivity contribution is 5.58. The molecular weight excluding hydrogens is 260 g/mol. The van der Waals surface area contributed by atoms with Gasteiger partial charge in [-0.15, -0.1) is 0 Å². The monoisotopic (exact) mass is 284 g/mol. The Morgan fingerprint density at radius 1 is 1.10 bits per heavy atom. The number of hydrogen-bond donors (Lipinski definition) is 1. The molecule has 1 N–H and O–H groups in total. The van der Waals surface area contributed by atoms with Crippen LogP contribution in [0.15, 0.2) is 30.3 Å². The van der Waals surface area contributed by atoms with Gasteiger partial charge in [0.05, 0.1) is 0 Å². The van der Waals surface area contributed by atoms with Gasteiger partial charge in [-0.25, -0.2) is 9.97 Å². The van der Waals surface area contributed by atoms with E-state index in [1.165, 1.54) is 5.56 Å². The molecule has 112 valence electrons. The molecule has 0 amide bonds. The molecule has 0 saturated carbocycles. The summed E-state index contributed by atoms with van der Waals surface area (Å²) in [5.74, 6) is 2.83. The highest BCUT2D eigenvalue weighted by Crippen LogP contribution is 2.24. The van der Waals surface area contributed by atoms with Gasteiger partial charge in [-0.1, -0.05) is 37.3 Å². The van der Waals surface area contributed by atoms with E-state index in [9.17, 15) is 0 Å². The molecule has 0 saturated heterocycles. The van der Waals surface area contributed by atoms with Crippen LogP contribution in [0.5, 0.6) is 0 Å². The van der Waals surface area contributed by atoms with E-state index in [1.807, 2.05) is 13.1 Å². The first kappa shape index (κ1) is 15.3. The molecule has 0 radical (unpaired) electrons. The summed E-state index contributed by atoms with van der Waals surface area (Å²) in [5, 5.41) is 3.18. The summed E-state index contributed by atoms with van der Waals surface area (Å²) in [6.07, 6.45) is 0.838. The van der Waals surface area contributed by atoms with Crippen molar-refractivity contribution in [2.24, 2.45) is 0 Å². The fraction of sp³-hybridized carbons (Fsp3) is 0.412. The van der Waals surface area contributed by atoms with Gasteiger partial charge in [-0.05, 0) is 19.4 Å². The summed E-state index contributed by atoms with van der Waals surface area (Å²) in [6, 6.07) is 10.5. The highest BCUT2D eigenvalue weighted by Gasteiger charge is 2.15. The van der Waals surface area contributed by atoms with Crippen molar-refractivity contribution in [2.75, 3.05) is 23.8 Å². The first-order valence-electron chi connectivity index (χ1n) is 7.53. The van der Waals surface area contributed by atoms with Crippen molar-refractivity contribution >= 4 is 11.6 Å². The van der Waals surface area contributed by atoms with Crippen LogP contribution in [0.25, 0.3) is 0 Å². The zero-order valence-electron chi connectivity index (χ0n) is 13.3. The number of aryl methyl sites for hydroxylation is 1. The number of rotatable bonds is 6. The van der Waals surface area contributed by atoms with E-state index in [2.05, 4.69) is 60.2 Å². The van der Waals surface area contributed by atoms with Gasteiger partial charge in [0.2, 0.25) is 0 Å². The SMILES string of the molecule is CCc1nc(NC)c(C)c(N(CC)Cc2ccccc2)n1. The number of hydrogen-bond acceptors (Lipinski definition) is 4. The Morgan fingerprint density at radius 3 is 2.38 bits per heavy atom. The number of nitrogens with zero attached hydrogens (tertiary/aromatic N) is 3. The molecule has 4 heteroatoms.